The van der Waals surface area contributed by atoms with Gasteiger partial charge in [-0.2, -0.15) is 0 Å². The van der Waals surface area contributed by atoms with Gasteiger partial charge in [-0.05, 0) is 33.1 Å². The average molecular weight is 270 g/mol. The van der Waals surface area contributed by atoms with Gasteiger partial charge in [0.2, 0.25) is 0 Å². The zero-order valence-electron chi connectivity index (χ0n) is 12.3. The molecule has 5 nitrogen and oxygen atoms in total. The summed E-state index contributed by atoms with van der Waals surface area (Å²) in [4.78, 5) is 26.7. The summed E-state index contributed by atoms with van der Waals surface area (Å²) in [5.74, 6) is -0.933. The summed E-state index contributed by atoms with van der Waals surface area (Å²) < 4.78 is 0. The second-order valence-electron chi connectivity index (χ2n) is 5.53. The van der Waals surface area contributed by atoms with Gasteiger partial charge in [-0.15, -0.1) is 0 Å². The fourth-order valence-electron chi connectivity index (χ4n) is 2.16. The minimum absolute atomic E-state index is 0.111. The van der Waals surface area contributed by atoms with E-state index < -0.39 is 5.97 Å². The number of amides is 2. The van der Waals surface area contributed by atoms with Crippen LogP contribution in [0.15, 0.2) is 0 Å². The van der Waals surface area contributed by atoms with Crippen LogP contribution < -0.4 is 0 Å². The molecule has 2 amide bonds. The number of carboxylic acid groups (broad SMARTS) is 1. The average Bonchev–Trinajstić information content (AvgIpc) is 3.14. The quantitative estimate of drug-likeness (QED) is 0.689. The van der Waals surface area contributed by atoms with Crippen molar-refractivity contribution in [1.29, 1.82) is 0 Å². The number of carbonyl (C=O) groups excluding carboxylic acids is 1. The number of aliphatic carboxylic acids is 1. The van der Waals surface area contributed by atoms with Crippen LogP contribution in [0.1, 0.15) is 52.9 Å². The normalized spacial score (nSPS) is 14.5. The van der Waals surface area contributed by atoms with Crippen LogP contribution in [0, 0.1) is 0 Å². The van der Waals surface area contributed by atoms with E-state index in [9.17, 15) is 9.59 Å². The van der Waals surface area contributed by atoms with E-state index >= 15 is 0 Å². The summed E-state index contributed by atoms with van der Waals surface area (Å²) in [5.41, 5.74) is 0. The summed E-state index contributed by atoms with van der Waals surface area (Å²) in [6.07, 6.45) is 5.05. The lowest BCUT2D eigenvalue weighted by atomic mass is 10.2. The van der Waals surface area contributed by atoms with E-state index in [2.05, 4.69) is 6.92 Å². The van der Waals surface area contributed by atoms with Gasteiger partial charge in [0.05, 0.1) is 0 Å². The van der Waals surface area contributed by atoms with Crippen molar-refractivity contribution in [2.75, 3.05) is 13.1 Å². The van der Waals surface area contributed by atoms with Gasteiger partial charge in [0.25, 0.3) is 0 Å². The molecule has 0 aromatic carbocycles. The molecule has 0 radical (unpaired) electrons. The van der Waals surface area contributed by atoms with Crippen molar-refractivity contribution in [2.45, 2.75) is 65.0 Å². The van der Waals surface area contributed by atoms with Crippen LogP contribution in [0.5, 0.6) is 0 Å². The molecule has 0 bridgehead atoms. The summed E-state index contributed by atoms with van der Waals surface area (Å²) in [6.45, 7) is 6.63. The second kappa shape index (κ2) is 7.36. The Balaban J connectivity index is 2.63. The second-order valence-corrected chi connectivity index (χ2v) is 5.53. The number of unbranched alkanes of at least 4 members (excludes halogenated alkanes) is 2. The molecule has 5 heteroatoms. The van der Waals surface area contributed by atoms with Crippen molar-refractivity contribution >= 4 is 12.0 Å². The first-order chi connectivity index (χ1) is 8.97. The number of rotatable bonds is 8. The predicted molar refractivity (Wildman–Crippen MR) is 74.1 cm³/mol. The fourth-order valence-corrected chi connectivity index (χ4v) is 2.16. The van der Waals surface area contributed by atoms with Crippen molar-refractivity contribution in [3.8, 4) is 0 Å². The van der Waals surface area contributed by atoms with Crippen molar-refractivity contribution in [1.82, 2.24) is 9.80 Å². The molecule has 0 unspecified atom stereocenters. The largest absolute Gasteiger partial charge is 0.480 e. The van der Waals surface area contributed by atoms with Crippen molar-refractivity contribution in [2.24, 2.45) is 0 Å². The molecule has 1 aliphatic carbocycles. The summed E-state index contributed by atoms with van der Waals surface area (Å²) in [5, 5.41) is 8.93. The van der Waals surface area contributed by atoms with Crippen LogP contribution in [-0.4, -0.2) is 52.1 Å². The molecule has 19 heavy (non-hydrogen) atoms. The van der Waals surface area contributed by atoms with Gasteiger partial charge < -0.3 is 14.9 Å². The first-order valence-electron chi connectivity index (χ1n) is 7.26. The third-order valence-electron chi connectivity index (χ3n) is 3.41. The monoisotopic (exact) mass is 270 g/mol. The van der Waals surface area contributed by atoms with Gasteiger partial charge >= 0.3 is 12.0 Å². The lowest BCUT2D eigenvalue weighted by Gasteiger charge is -2.32. The van der Waals surface area contributed by atoms with Gasteiger partial charge in [-0.25, -0.2) is 4.79 Å². The molecule has 1 rings (SSSR count). The molecule has 0 aliphatic heterocycles. The van der Waals surface area contributed by atoms with Crippen LogP contribution in [0.25, 0.3) is 0 Å². The topological polar surface area (TPSA) is 60.9 Å². The van der Waals surface area contributed by atoms with Crippen LogP contribution in [-0.2, 0) is 4.79 Å². The van der Waals surface area contributed by atoms with Crippen molar-refractivity contribution in [3.63, 3.8) is 0 Å². The molecule has 0 aromatic rings. The number of nitrogens with zero attached hydrogens (tertiary/aromatic N) is 2. The fraction of sp³-hybridized carbons (Fsp3) is 0.857. The Morgan fingerprint density at radius 3 is 2.32 bits per heavy atom. The van der Waals surface area contributed by atoms with E-state index in [1.807, 2.05) is 13.8 Å². The van der Waals surface area contributed by atoms with E-state index in [1.54, 1.807) is 4.90 Å². The van der Waals surface area contributed by atoms with Crippen LogP contribution in [0.2, 0.25) is 0 Å². The highest BCUT2D eigenvalue weighted by Gasteiger charge is 2.36. The minimum Gasteiger partial charge on any atom is -0.480 e. The molecule has 0 spiro atoms. The summed E-state index contributed by atoms with van der Waals surface area (Å²) in [6, 6.07) is 0.131. The molecular formula is C14H26N2O3. The zero-order chi connectivity index (χ0) is 14.4. The number of carbonyl (C=O) groups is 2. The summed E-state index contributed by atoms with van der Waals surface area (Å²) >= 11 is 0. The lowest BCUT2D eigenvalue weighted by molar-refractivity contribution is -0.137. The van der Waals surface area contributed by atoms with Crippen molar-refractivity contribution in [3.05, 3.63) is 0 Å². The first-order valence-corrected chi connectivity index (χ1v) is 7.26. The van der Waals surface area contributed by atoms with E-state index in [4.69, 9.17) is 5.11 Å². The Kier molecular flexibility index (Phi) is 6.12. The van der Waals surface area contributed by atoms with Crippen LogP contribution in [0.4, 0.5) is 4.79 Å². The number of hydrogen-bond donors (Lipinski definition) is 1. The predicted octanol–water partition coefficient (Wildman–Crippen LogP) is 2.56. The maximum Gasteiger partial charge on any atom is 0.323 e. The SMILES string of the molecule is CCCCCN(C(=O)N(CC(=O)O)C1CC1)C(C)C. The maximum atomic E-state index is 12.5. The highest BCUT2D eigenvalue weighted by atomic mass is 16.4. The highest BCUT2D eigenvalue weighted by Crippen LogP contribution is 2.28. The Labute approximate surface area is 115 Å². The smallest absolute Gasteiger partial charge is 0.323 e. The molecule has 1 N–H and O–H groups in total. The van der Waals surface area contributed by atoms with Gasteiger partial charge in [0.1, 0.15) is 6.54 Å². The molecule has 0 heterocycles. The van der Waals surface area contributed by atoms with Gasteiger partial charge in [0, 0.05) is 18.6 Å². The molecule has 1 saturated carbocycles. The molecule has 110 valence electrons. The Morgan fingerprint density at radius 1 is 1.26 bits per heavy atom. The minimum atomic E-state index is -0.933. The van der Waals surface area contributed by atoms with Crippen LogP contribution in [0.3, 0.4) is 0 Å². The van der Waals surface area contributed by atoms with Gasteiger partial charge in [-0.1, -0.05) is 19.8 Å². The molecule has 1 fully saturated rings. The Morgan fingerprint density at radius 2 is 1.89 bits per heavy atom. The highest BCUT2D eigenvalue weighted by molar-refractivity contribution is 5.81. The Hall–Kier alpha value is -1.26. The first kappa shape index (κ1) is 15.8. The third-order valence-corrected chi connectivity index (χ3v) is 3.41. The number of carboxylic acids is 1. The van der Waals surface area contributed by atoms with E-state index in [1.165, 1.54) is 4.90 Å². The summed E-state index contributed by atoms with van der Waals surface area (Å²) in [7, 11) is 0. The zero-order valence-corrected chi connectivity index (χ0v) is 12.3. The number of urea groups is 1. The molecule has 0 atom stereocenters. The van der Waals surface area contributed by atoms with Crippen molar-refractivity contribution < 1.29 is 14.7 Å². The molecule has 1 aliphatic rings. The molecular weight excluding hydrogens is 244 g/mol. The molecule has 0 aromatic heterocycles. The van der Waals surface area contributed by atoms with E-state index in [0.29, 0.717) is 6.54 Å². The standard InChI is InChI=1S/C14H26N2O3/c1-4-5-6-9-15(11(2)3)14(19)16(10-13(17)18)12-7-8-12/h11-12H,4-10H2,1-3H3,(H,17,18). The van der Waals surface area contributed by atoms with Crippen LogP contribution >= 0.6 is 0 Å². The third kappa shape index (κ3) is 5.09. The number of hydrogen-bond acceptors (Lipinski definition) is 2. The Bertz CT molecular complexity index is 314. The maximum absolute atomic E-state index is 12.5. The molecule has 0 saturated heterocycles. The van der Waals surface area contributed by atoms with E-state index in [-0.39, 0.29) is 24.7 Å². The van der Waals surface area contributed by atoms with Gasteiger partial charge in [-0.3, -0.25) is 4.79 Å². The lowest BCUT2D eigenvalue weighted by Crippen LogP contribution is -2.49. The van der Waals surface area contributed by atoms with E-state index in [0.717, 1.165) is 32.1 Å². The van der Waals surface area contributed by atoms with Gasteiger partial charge in [0.15, 0.2) is 0 Å².